The number of hydrogen-bond acceptors (Lipinski definition) is 6. The molecule has 6 nitrogen and oxygen atoms in total. The van der Waals surface area contributed by atoms with Crippen molar-refractivity contribution < 1.29 is 36.7 Å². The molecule has 34 heavy (non-hydrogen) atoms. The summed E-state index contributed by atoms with van der Waals surface area (Å²) >= 11 is 0. The highest BCUT2D eigenvalue weighted by Crippen LogP contribution is 2.43. The maximum atomic E-state index is 13.2. The number of hydroxylamine groups is 2. The Morgan fingerprint density at radius 1 is 1.12 bits per heavy atom. The Hall–Kier alpha value is -2.00. The Kier molecular flexibility index (Phi) is 8.91. The summed E-state index contributed by atoms with van der Waals surface area (Å²) in [5, 5.41) is 1.51. The molecular weight excluding hydrogens is 467 g/mol. The number of ether oxygens (including phenoxy) is 2. The van der Waals surface area contributed by atoms with Crippen LogP contribution in [0, 0.1) is 5.41 Å². The predicted molar refractivity (Wildman–Crippen MR) is 126 cm³/mol. The van der Waals surface area contributed by atoms with Gasteiger partial charge >= 0.3 is 6.36 Å². The van der Waals surface area contributed by atoms with E-state index in [1.807, 2.05) is 60.6 Å². The minimum atomic E-state index is -4.87. The number of piperidine rings is 1. The quantitative estimate of drug-likeness (QED) is 0.338. The largest absolute Gasteiger partial charge is 0.573 e. The predicted octanol–water partition coefficient (Wildman–Crippen LogP) is 5.96. The fraction of sp³-hybridized carbons (Fsp3) is 0.667. The van der Waals surface area contributed by atoms with Gasteiger partial charge in [-0.2, -0.15) is 0 Å². The third-order valence-corrected chi connectivity index (χ3v) is 5.69. The maximum absolute atomic E-state index is 13.2. The lowest BCUT2D eigenvalue weighted by molar-refractivity contribution is -0.275. The molecule has 1 aliphatic heterocycles. The van der Waals surface area contributed by atoms with E-state index in [2.05, 4.69) is 4.74 Å². The van der Waals surface area contributed by atoms with Gasteiger partial charge in [0, 0.05) is 31.0 Å². The Morgan fingerprint density at radius 3 is 2.26 bits per heavy atom. The minimum absolute atomic E-state index is 0.220. The third kappa shape index (κ3) is 8.65. The molecule has 0 saturated carbocycles. The molecule has 0 bridgehead atoms. The van der Waals surface area contributed by atoms with Crippen molar-refractivity contribution in [1.29, 1.82) is 0 Å². The molecule has 2 atom stereocenters. The van der Waals surface area contributed by atoms with Gasteiger partial charge in [0.2, 0.25) is 0 Å². The molecule has 1 aromatic rings. The topological polar surface area (TPSA) is 57.2 Å². The van der Waals surface area contributed by atoms with Crippen LogP contribution >= 0.6 is 0 Å². The van der Waals surface area contributed by atoms with E-state index in [-0.39, 0.29) is 17.9 Å². The van der Waals surface area contributed by atoms with Gasteiger partial charge in [-0.3, -0.25) is 4.84 Å². The monoisotopic (exact) mass is 503 g/mol. The highest BCUT2D eigenvalue weighted by molar-refractivity contribution is 6.48. The van der Waals surface area contributed by atoms with Crippen LogP contribution in [0.4, 0.5) is 13.2 Å². The number of halogens is 3. The van der Waals surface area contributed by atoms with Crippen LogP contribution in [0.2, 0.25) is 13.1 Å². The number of benzene rings is 1. The van der Waals surface area contributed by atoms with E-state index in [0.29, 0.717) is 24.2 Å². The summed E-state index contributed by atoms with van der Waals surface area (Å²) in [6.07, 6.45) is -5.12. The molecule has 1 aromatic carbocycles. The van der Waals surface area contributed by atoms with E-state index in [1.165, 1.54) is 11.1 Å². The van der Waals surface area contributed by atoms with Crippen molar-refractivity contribution in [3.8, 4) is 11.5 Å². The molecule has 0 amide bonds. The second-order valence-electron chi connectivity index (χ2n) is 10.8. The smallest absolute Gasteiger partial charge is 0.490 e. The summed E-state index contributed by atoms with van der Waals surface area (Å²) in [5.41, 5.74) is -0.315. The fourth-order valence-corrected chi connectivity index (χ4v) is 4.77. The SMILES string of the molecule is C[SiH](C)OC(c1ccc(OC2CCN(OC(C)(C)C)C(=C=O)C2)cc1OC(F)(F)F)C(C)(C)C. The van der Waals surface area contributed by atoms with Gasteiger partial charge in [-0.25, -0.2) is 9.86 Å². The van der Waals surface area contributed by atoms with Gasteiger partial charge < -0.3 is 13.9 Å². The Labute approximate surface area is 201 Å². The number of carbonyl (C=O) groups excluding carboxylic acids is 1. The van der Waals surface area contributed by atoms with Crippen molar-refractivity contribution in [2.24, 2.45) is 5.41 Å². The molecule has 0 aliphatic carbocycles. The zero-order valence-electron chi connectivity index (χ0n) is 21.2. The zero-order chi connectivity index (χ0) is 25.9. The zero-order valence-corrected chi connectivity index (χ0v) is 22.4. The normalized spacial score (nSPS) is 18.6. The van der Waals surface area contributed by atoms with Crippen molar-refractivity contribution in [3.63, 3.8) is 0 Å². The van der Waals surface area contributed by atoms with Crippen LogP contribution in [0.25, 0.3) is 0 Å². The molecule has 1 fully saturated rings. The van der Waals surface area contributed by atoms with E-state index >= 15 is 0 Å². The number of nitrogens with zero attached hydrogens (tertiary/aromatic N) is 1. The van der Waals surface area contributed by atoms with Crippen molar-refractivity contribution in [1.82, 2.24) is 5.06 Å². The van der Waals surface area contributed by atoms with E-state index in [0.717, 1.165) is 0 Å². The van der Waals surface area contributed by atoms with Gasteiger partial charge in [-0.05, 0) is 51.4 Å². The molecule has 2 unspecified atom stereocenters. The van der Waals surface area contributed by atoms with Crippen LogP contribution in [0.15, 0.2) is 23.9 Å². The van der Waals surface area contributed by atoms with Crippen molar-refractivity contribution in [2.75, 3.05) is 6.54 Å². The van der Waals surface area contributed by atoms with Crippen molar-refractivity contribution >= 4 is 15.0 Å². The molecule has 1 aliphatic rings. The summed E-state index contributed by atoms with van der Waals surface area (Å²) in [6, 6.07) is 4.43. The first kappa shape index (κ1) is 28.2. The summed E-state index contributed by atoms with van der Waals surface area (Å²) in [7, 11) is -1.57. The van der Waals surface area contributed by atoms with Gasteiger partial charge in [-0.1, -0.05) is 20.8 Å². The van der Waals surface area contributed by atoms with Gasteiger partial charge in [0.1, 0.15) is 29.2 Å². The molecule has 0 spiro atoms. The average molecular weight is 504 g/mol. The van der Waals surface area contributed by atoms with Crippen LogP contribution < -0.4 is 9.47 Å². The minimum Gasteiger partial charge on any atom is -0.490 e. The highest BCUT2D eigenvalue weighted by atomic mass is 28.3. The summed E-state index contributed by atoms with van der Waals surface area (Å²) < 4.78 is 56.2. The van der Waals surface area contributed by atoms with Crippen LogP contribution in [-0.4, -0.2) is 44.7 Å². The van der Waals surface area contributed by atoms with E-state index < -0.39 is 38.6 Å². The first-order valence-corrected chi connectivity index (χ1v) is 14.2. The number of rotatable bonds is 7. The third-order valence-electron chi connectivity index (χ3n) is 4.87. The summed E-state index contributed by atoms with van der Waals surface area (Å²) in [6.45, 7) is 15.7. The lowest BCUT2D eigenvalue weighted by atomic mass is 9.84. The van der Waals surface area contributed by atoms with Crippen LogP contribution in [0.5, 0.6) is 11.5 Å². The van der Waals surface area contributed by atoms with Crippen LogP contribution in [0.3, 0.4) is 0 Å². The van der Waals surface area contributed by atoms with Gasteiger partial charge in [-0.15, -0.1) is 13.2 Å². The average Bonchev–Trinajstić information content (AvgIpc) is 2.64. The molecule has 0 aromatic heterocycles. The lowest BCUT2D eigenvalue weighted by Crippen LogP contribution is -2.41. The Balaban J connectivity index is 2.30. The van der Waals surface area contributed by atoms with Gasteiger partial charge in [0.25, 0.3) is 0 Å². The second-order valence-corrected chi connectivity index (χ2v) is 13.1. The van der Waals surface area contributed by atoms with Crippen molar-refractivity contribution in [3.05, 3.63) is 29.5 Å². The van der Waals surface area contributed by atoms with Gasteiger partial charge in [0.05, 0.1) is 11.7 Å². The van der Waals surface area contributed by atoms with E-state index in [9.17, 15) is 18.0 Å². The summed E-state index contributed by atoms with van der Waals surface area (Å²) in [4.78, 5) is 17.3. The number of hydrogen-bond donors (Lipinski definition) is 0. The van der Waals surface area contributed by atoms with Crippen molar-refractivity contribution in [2.45, 2.75) is 91.6 Å². The molecule has 10 heteroatoms. The molecule has 1 saturated heterocycles. The van der Waals surface area contributed by atoms with Gasteiger partial charge in [0.15, 0.2) is 9.04 Å². The lowest BCUT2D eigenvalue weighted by Gasteiger charge is -2.37. The standard InChI is InChI=1S/C24H36F3NO5Si/c1-22(2,3)21(32-34(7)8)19-10-9-17(14-20(19)31-24(25,26)27)30-18-11-12-28(16(13-18)15-29)33-23(4,5)6/h9-10,14,18,21,34H,11-13H2,1-8H3. The molecule has 192 valence electrons. The first-order valence-electron chi connectivity index (χ1n) is 11.4. The van der Waals surface area contributed by atoms with Crippen LogP contribution in [-0.2, 0) is 14.1 Å². The Morgan fingerprint density at radius 2 is 1.76 bits per heavy atom. The number of alkyl halides is 3. The van der Waals surface area contributed by atoms with E-state index in [4.69, 9.17) is 14.0 Å². The Bertz CT molecular complexity index is 886. The molecule has 1 heterocycles. The van der Waals surface area contributed by atoms with E-state index in [1.54, 1.807) is 12.1 Å². The fourth-order valence-electron chi connectivity index (χ4n) is 3.67. The molecule has 2 rings (SSSR count). The maximum Gasteiger partial charge on any atom is 0.573 e. The highest BCUT2D eigenvalue weighted by Gasteiger charge is 2.37. The molecule has 0 radical (unpaired) electrons. The first-order chi connectivity index (χ1) is 15.5. The summed E-state index contributed by atoms with van der Waals surface area (Å²) in [5.74, 6) is 1.77. The van der Waals surface area contributed by atoms with Crippen LogP contribution in [0.1, 0.15) is 66.1 Å². The molecule has 0 N–H and O–H groups in total. The second kappa shape index (κ2) is 10.7. The molecular formula is C24H36F3NO5Si.